The van der Waals surface area contributed by atoms with E-state index < -0.39 is 12.1 Å². The molecule has 1 saturated heterocycles. The zero-order valence-electron chi connectivity index (χ0n) is 7.64. The lowest BCUT2D eigenvalue weighted by molar-refractivity contribution is -0.137. The van der Waals surface area contributed by atoms with Crippen LogP contribution in [-0.2, 0) is 9.53 Å². The number of nitrogens with zero attached hydrogens (tertiary/aromatic N) is 1. The van der Waals surface area contributed by atoms with Gasteiger partial charge in [0.2, 0.25) is 0 Å². The Bertz CT molecular complexity index is 185. The van der Waals surface area contributed by atoms with E-state index in [0.717, 1.165) is 0 Å². The highest BCUT2D eigenvalue weighted by Crippen LogP contribution is 2.12. The van der Waals surface area contributed by atoms with E-state index in [9.17, 15) is 9.90 Å². The second kappa shape index (κ2) is 4.55. The first kappa shape index (κ1) is 10.4. The van der Waals surface area contributed by atoms with Crippen molar-refractivity contribution in [3.63, 3.8) is 0 Å². The number of aliphatic hydroxyl groups is 1. The first-order valence-electron chi connectivity index (χ1n) is 4.28. The van der Waals surface area contributed by atoms with E-state index in [-0.39, 0.29) is 12.5 Å². The molecule has 1 aliphatic rings. The zero-order valence-corrected chi connectivity index (χ0v) is 7.64. The van der Waals surface area contributed by atoms with Gasteiger partial charge in [0.15, 0.2) is 0 Å². The average Bonchev–Trinajstić information content (AvgIpc) is 2.43. The van der Waals surface area contributed by atoms with Crippen molar-refractivity contribution in [3.8, 4) is 0 Å². The van der Waals surface area contributed by atoms with Gasteiger partial charge in [0.1, 0.15) is 0 Å². The SMILES string of the molecule is CO[C@@H]1CN(CCC(=O)O)C[C@H]1O. The number of likely N-dealkylation sites (tertiary alicyclic amines) is 1. The van der Waals surface area contributed by atoms with Crippen LogP contribution >= 0.6 is 0 Å². The molecule has 2 N–H and O–H groups in total. The van der Waals surface area contributed by atoms with Gasteiger partial charge in [-0.1, -0.05) is 0 Å². The lowest BCUT2D eigenvalue weighted by Crippen LogP contribution is -2.25. The molecule has 0 saturated carbocycles. The molecule has 2 atom stereocenters. The maximum Gasteiger partial charge on any atom is 0.304 e. The van der Waals surface area contributed by atoms with Gasteiger partial charge in [0, 0.05) is 26.7 Å². The lowest BCUT2D eigenvalue weighted by Gasteiger charge is -2.12. The highest BCUT2D eigenvalue weighted by atomic mass is 16.5. The van der Waals surface area contributed by atoms with E-state index in [1.807, 2.05) is 4.90 Å². The molecule has 1 aliphatic heterocycles. The Labute approximate surface area is 76.9 Å². The van der Waals surface area contributed by atoms with Gasteiger partial charge in [0.25, 0.3) is 0 Å². The normalized spacial score (nSPS) is 29.4. The van der Waals surface area contributed by atoms with Crippen molar-refractivity contribution in [1.82, 2.24) is 4.90 Å². The summed E-state index contributed by atoms with van der Waals surface area (Å²) in [6.45, 7) is 1.60. The topological polar surface area (TPSA) is 70.0 Å². The molecule has 0 aromatic heterocycles. The van der Waals surface area contributed by atoms with E-state index in [1.54, 1.807) is 7.11 Å². The Morgan fingerprint density at radius 1 is 1.62 bits per heavy atom. The molecule has 0 spiro atoms. The summed E-state index contributed by atoms with van der Waals surface area (Å²) in [7, 11) is 1.55. The monoisotopic (exact) mass is 189 g/mol. The molecule has 0 bridgehead atoms. The molecule has 5 nitrogen and oxygen atoms in total. The molecular formula is C8H15NO4. The number of rotatable bonds is 4. The van der Waals surface area contributed by atoms with E-state index in [2.05, 4.69) is 0 Å². The number of carbonyl (C=O) groups is 1. The summed E-state index contributed by atoms with van der Waals surface area (Å²) in [5.74, 6) is -0.810. The second-order valence-electron chi connectivity index (χ2n) is 3.24. The molecule has 0 radical (unpaired) electrons. The van der Waals surface area contributed by atoms with Gasteiger partial charge in [-0.15, -0.1) is 0 Å². The van der Waals surface area contributed by atoms with E-state index in [0.29, 0.717) is 19.6 Å². The van der Waals surface area contributed by atoms with Crippen LogP contribution in [0.15, 0.2) is 0 Å². The number of hydrogen-bond acceptors (Lipinski definition) is 4. The fraction of sp³-hybridized carbons (Fsp3) is 0.875. The van der Waals surface area contributed by atoms with Crippen molar-refractivity contribution < 1.29 is 19.7 Å². The maximum atomic E-state index is 10.3. The van der Waals surface area contributed by atoms with Crippen molar-refractivity contribution in [2.24, 2.45) is 0 Å². The van der Waals surface area contributed by atoms with Gasteiger partial charge >= 0.3 is 5.97 Å². The van der Waals surface area contributed by atoms with Crippen LogP contribution in [-0.4, -0.2) is 60.0 Å². The largest absolute Gasteiger partial charge is 0.481 e. The third-order valence-corrected chi connectivity index (χ3v) is 2.26. The number of carboxylic acids is 1. The van der Waals surface area contributed by atoms with Crippen LogP contribution in [0.2, 0.25) is 0 Å². The Balaban J connectivity index is 2.27. The van der Waals surface area contributed by atoms with Gasteiger partial charge in [0.05, 0.1) is 18.6 Å². The lowest BCUT2D eigenvalue weighted by atomic mass is 10.3. The minimum absolute atomic E-state index is 0.114. The predicted molar refractivity (Wildman–Crippen MR) is 45.5 cm³/mol. The molecule has 5 heteroatoms. The molecule has 13 heavy (non-hydrogen) atoms. The molecule has 1 fully saturated rings. The Morgan fingerprint density at radius 3 is 2.77 bits per heavy atom. The van der Waals surface area contributed by atoms with E-state index in [1.165, 1.54) is 0 Å². The third kappa shape index (κ3) is 2.95. The number of methoxy groups -OCH3 is 1. The van der Waals surface area contributed by atoms with Crippen molar-refractivity contribution in [2.75, 3.05) is 26.7 Å². The minimum atomic E-state index is -0.810. The summed E-state index contributed by atoms with van der Waals surface area (Å²) in [4.78, 5) is 12.2. The van der Waals surface area contributed by atoms with Gasteiger partial charge in [-0.05, 0) is 0 Å². The molecule has 76 valence electrons. The minimum Gasteiger partial charge on any atom is -0.481 e. The van der Waals surface area contributed by atoms with Crippen molar-refractivity contribution in [1.29, 1.82) is 0 Å². The molecule has 0 unspecified atom stereocenters. The van der Waals surface area contributed by atoms with E-state index >= 15 is 0 Å². The van der Waals surface area contributed by atoms with Crippen LogP contribution in [0.4, 0.5) is 0 Å². The molecule has 0 amide bonds. The molecule has 0 aromatic carbocycles. The fourth-order valence-corrected chi connectivity index (χ4v) is 1.50. The van der Waals surface area contributed by atoms with Crippen LogP contribution in [0.1, 0.15) is 6.42 Å². The Kier molecular flexibility index (Phi) is 3.65. The fourth-order valence-electron chi connectivity index (χ4n) is 1.50. The van der Waals surface area contributed by atoms with E-state index in [4.69, 9.17) is 9.84 Å². The zero-order chi connectivity index (χ0) is 9.84. The standard InChI is InChI=1S/C8H15NO4/c1-13-7-5-9(4-6(7)10)3-2-8(11)12/h6-7,10H,2-5H2,1H3,(H,11,12)/t6-,7-/m1/s1. The number of carboxylic acid groups (broad SMARTS) is 1. The summed E-state index contributed by atoms with van der Waals surface area (Å²) in [6.07, 6.45) is -0.545. The molecular weight excluding hydrogens is 174 g/mol. The van der Waals surface area contributed by atoms with Crippen LogP contribution < -0.4 is 0 Å². The predicted octanol–water partition coefficient (Wildman–Crippen LogP) is -0.847. The molecule has 1 rings (SSSR count). The Hall–Kier alpha value is -0.650. The molecule has 0 aromatic rings. The highest BCUT2D eigenvalue weighted by Gasteiger charge is 2.30. The number of ether oxygens (including phenoxy) is 1. The number of β-amino-alcohol motifs (C(OH)–C–C–N with tert-alkyl or cyclic N) is 1. The summed E-state index contributed by atoms with van der Waals surface area (Å²) >= 11 is 0. The van der Waals surface area contributed by atoms with Gasteiger partial charge in [-0.3, -0.25) is 9.69 Å². The van der Waals surface area contributed by atoms with Gasteiger partial charge in [-0.2, -0.15) is 0 Å². The van der Waals surface area contributed by atoms with Gasteiger partial charge < -0.3 is 14.9 Å². The van der Waals surface area contributed by atoms with Crippen LogP contribution in [0.5, 0.6) is 0 Å². The summed E-state index contributed by atoms with van der Waals surface area (Å²) in [5.41, 5.74) is 0. The van der Waals surface area contributed by atoms with Crippen molar-refractivity contribution in [3.05, 3.63) is 0 Å². The first-order chi connectivity index (χ1) is 6.13. The quantitative estimate of drug-likeness (QED) is 0.603. The smallest absolute Gasteiger partial charge is 0.304 e. The van der Waals surface area contributed by atoms with Gasteiger partial charge in [-0.25, -0.2) is 0 Å². The number of aliphatic carboxylic acids is 1. The Morgan fingerprint density at radius 2 is 2.31 bits per heavy atom. The molecule has 0 aliphatic carbocycles. The number of hydrogen-bond donors (Lipinski definition) is 2. The van der Waals surface area contributed by atoms with Crippen molar-refractivity contribution in [2.45, 2.75) is 18.6 Å². The third-order valence-electron chi connectivity index (χ3n) is 2.26. The second-order valence-corrected chi connectivity index (χ2v) is 3.24. The van der Waals surface area contributed by atoms with Crippen LogP contribution in [0, 0.1) is 0 Å². The highest BCUT2D eigenvalue weighted by molar-refractivity contribution is 5.66. The van der Waals surface area contributed by atoms with Crippen molar-refractivity contribution >= 4 is 5.97 Å². The maximum absolute atomic E-state index is 10.3. The summed E-state index contributed by atoms with van der Waals surface area (Å²) < 4.78 is 5.02. The summed E-state index contributed by atoms with van der Waals surface area (Å²) in [5, 5.41) is 17.9. The van der Waals surface area contributed by atoms with Crippen LogP contribution in [0.25, 0.3) is 0 Å². The summed E-state index contributed by atoms with van der Waals surface area (Å²) in [6, 6.07) is 0. The van der Waals surface area contributed by atoms with Crippen LogP contribution in [0.3, 0.4) is 0 Å². The number of aliphatic hydroxyl groups excluding tert-OH is 1. The first-order valence-corrected chi connectivity index (χ1v) is 4.28. The molecule has 1 heterocycles. The average molecular weight is 189 g/mol.